The smallest absolute Gasteiger partial charge is 0.119 e. The Bertz CT molecular complexity index is 298. The van der Waals surface area contributed by atoms with E-state index in [0.717, 1.165) is 38.0 Å². The summed E-state index contributed by atoms with van der Waals surface area (Å²) in [4.78, 5) is 2.43. The molecule has 0 amide bonds. The Hall–Kier alpha value is -1.06. The first-order valence-electron chi connectivity index (χ1n) is 6.02. The van der Waals surface area contributed by atoms with Gasteiger partial charge in [-0.15, -0.1) is 0 Å². The molecule has 1 aromatic carbocycles. The molecule has 16 heavy (non-hydrogen) atoms. The highest BCUT2D eigenvalue weighted by Gasteiger charge is 2.27. The van der Waals surface area contributed by atoms with Crippen molar-refractivity contribution < 1.29 is 4.74 Å². The largest absolute Gasteiger partial charge is 0.492 e. The van der Waals surface area contributed by atoms with Gasteiger partial charge in [0.2, 0.25) is 0 Å². The number of para-hydroxylation sites is 1. The van der Waals surface area contributed by atoms with Gasteiger partial charge >= 0.3 is 0 Å². The Balaban J connectivity index is 1.70. The number of rotatable bonds is 7. The minimum absolute atomic E-state index is 0.738. The average Bonchev–Trinajstić information content (AvgIpc) is 3.13. The fourth-order valence-corrected chi connectivity index (χ4v) is 1.88. The van der Waals surface area contributed by atoms with Crippen molar-refractivity contribution in [3.05, 3.63) is 30.3 Å². The van der Waals surface area contributed by atoms with Crippen molar-refractivity contribution in [1.82, 2.24) is 4.90 Å². The number of ether oxygens (including phenoxy) is 1. The van der Waals surface area contributed by atoms with Crippen LogP contribution in [0.3, 0.4) is 0 Å². The molecule has 3 heteroatoms. The van der Waals surface area contributed by atoms with E-state index >= 15 is 0 Å². The molecule has 88 valence electrons. The zero-order valence-corrected chi connectivity index (χ0v) is 9.64. The van der Waals surface area contributed by atoms with Crippen LogP contribution < -0.4 is 10.5 Å². The van der Waals surface area contributed by atoms with Crippen LogP contribution in [0.15, 0.2) is 30.3 Å². The molecule has 1 saturated carbocycles. The van der Waals surface area contributed by atoms with E-state index in [-0.39, 0.29) is 0 Å². The molecule has 0 atom stereocenters. The minimum Gasteiger partial charge on any atom is -0.492 e. The molecule has 0 spiro atoms. The van der Waals surface area contributed by atoms with Crippen LogP contribution in [0.5, 0.6) is 5.75 Å². The Morgan fingerprint density at radius 3 is 2.56 bits per heavy atom. The maximum atomic E-state index is 5.68. The normalized spacial score (nSPS) is 15.4. The van der Waals surface area contributed by atoms with Gasteiger partial charge in [0, 0.05) is 25.7 Å². The second kappa shape index (κ2) is 5.87. The van der Waals surface area contributed by atoms with Crippen molar-refractivity contribution in [1.29, 1.82) is 0 Å². The van der Waals surface area contributed by atoms with E-state index in [0.29, 0.717) is 0 Å². The summed E-state index contributed by atoms with van der Waals surface area (Å²) in [5, 5.41) is 0. The third kappa shape index (κ3) is 3.51. The van der Waals surface area contributed by atoms with Crippen LogP contribution in [-0.4, -0.2) is 37.2 Å². The number of hydrogen-bond donors (Lipinski definition) is 1. The zero-order valence-electron chi connectivity index (χ0n) is 9.64. The summed E-state index contributed by atoms with van der Waals surface area (Å²) in [6.07, 6.45) is 2.65. The quantitative estimate of drug-likeness (QED) is 0.756. The summed E-state index contributed by atoms with van der Waals surface area (Å²) in [6.45, 7) is 3.46. The Morgan fingerprint density at radius 1 is 1.19 bits per heavy atom. The molecule has 0 aliphatic heterocycles. The van der Waals surface area contributed by atoms with Crippen LogP contribution in [0.2, 0.25) is 0 Å². The summed E-state index contributed by atoms with van der Waals surface area (Å²) in [5.41, 5.74) is 5.60. The molecule has 0 aromatic heterocycles. The SMILES string of the molecule is NCCN(CCOc1ccccc1)C1CC1. The van der Waals surface area contributed by atoms with Crippen LogP contribution in [-0.2, 0) is 0 Å². The molecule has 1 aliphatic rings. The lowest BCUT2D eigenvalue weighted by atomic mass is 10.3. The third-order valence-electron chi connectivity index (χ3n) is 2.87. The fraction of sp³-hybridized carbons (Fsp3) is 0.538. The van der Waals surface area contributed by atoms with Crippen LogP contribution in [0.25, 0.3) is 0 Å². The lowest BCUT2D eigenvalue weighted by molar-refractivity contribution is 0.205. The Morgan fingerprint density at radius 2 is 1.94 bits per heavy atom. The molecule has 0 bridgehead atoms. The molecule has 1 fully saturated rings. The van der Waals surface area contributed by atoms with Gasteiger partial charge in [-0.25, -0.2) is 0 Å². The van der Waals surface area contributed by atoms with Gasteiger partial charge in [0.25, 0.3) is 0 Å². The highest BCUT2D eigenvalue weighted by molar-refractivity contribution is 5.20. The topological polar surface area (TPSA) is 38.5 Å². The van der Waals surface area contributed by atoms with Crippen LogP contribution in [0.4, 0.5) is 0 Å². The van der Waals surface area contributed by atoms with E-state index in [2.05, 4.69) is 4.90 Å². The van der Waals surface area contributed by atoms with Gasteiger partial charge in [0.1, 0.15) is 12.4 Å². The number of nitrogens with two attached hydrogens (primary N) is 1. The molecule has 1 aromatic rings. The monoisotopic (exact) mass is 220 g/mol. The predicted octanol–water partition coefficient (Wildman–Crippen LogP) is 1.49. The van der Waals surface area contributed by atoms with E-state index < -0.39 is 0 Å². The summed E-state index contributed by atoms with van der Waals surface area (Å²) < 4.78 is 5.68. The number of hydrogen-bond acceptors (Lipinski definition) is 3. The maximum absolute atomic E-state index is 5.68. The molecule has 2 rings (SSSR count). The van der Waals surface area contributed by atoms with E-state index in [4.69, 9.17) is 10.5 Å². The highest BCUT2D eigenvalue weighted by Crippen LogP contribution is 2.26. The summed E-state index contributed by atoms with van der Waals surface area (Å²) >= 11 is 0. The van der Waals surface area contributed by atoms with Crippen LogP contribution >= 0.6 is 0 Å². The summed E-state index contributed by atoms with van der Waals surface area (Å²) in [6, 6.07) is 10.7. The number of benzene rings is 1. The molecule has 0 unspecified atom stereocenters. The summed E-state index contributed by atoms with van der Waals surface area (Å²) in [7, 11) is 0. The average molecular weight is 220 g/mol. The lowest BCUT2D eigenvalue weighted by Crippen LogP contribution is -2.34. The summed E-state index contributed by atoms with van der Waals surface area (Å²) in [5.74, 6) is 0.950. The van der Waals surface area contributed by atoms with Gasteiger partial charge < -0.3 is 10.5 Å². The van der Waals surface area contributed by atoms with E-state index in [9.17, 15) is 0 Å². The molecule has 0 radical (unpaired) electrons. The minimum atomic E-state index is 0.738. The van der Waals surface area contributed by atoms with Gasteiger partial charge in [-0.1, -0.05) is 18.2 Å². The van der Waals surface area contributed by atoms with Crippen molar-refractivity contribution in [2.45, 2.75) is 18.9 Å². The van der Waals surface area contributed by atoms with E-state index in [1.807, 2.05) is 30.3 Å². The van der Waals surface area contributed by atoms with Crippen LogP contribution in [0, 0.1) is 0 Å². The van der Waals surface area contributed by atoms with Gasteiger partial charge in [-0.2, -0.15) is 0 Å². The molecule has 1 aliphatic carbocycles. The van der Waals surface area contributed by atoms with E-state index in [1.54, 1.807) is 0 Å². The Kier molecular flexibility index (Phi) is 4.19. The first-order valence-corrected chi connectivity index (χ1v) is 6.02. The second-order valence-electron chi connectivity index (χ2n) is 4.22. The van der Waals surface area contributed by atoms with Gasteiger partial charge in [-0.3, -0.25) is 4.90 Å². The predicted molar refractivity (Wildman–Crippen MR) is 65.6 cm³/mol. The van der Waals surface area contributed by atoms with Crippen molar-refractivity contribution in [2.24, 2.45) is 5.73 Å². The molecule has 0 heterocycles. The van der Waals surface area contributed by atoms with Gasteiger partial charge in [-0.05, 0) is 25.0 Å². The van der Waals surface area contributed by atoms with Crippen molar-refractivity contribution in [3.63, 3.8) is 0 Å². The zero-order chi connectivity index (χ0) is 11.2. The van der Waals surface area contributed by atoms with Gasteiger partial charge in [0.15, 0.2) is 0 Å². The van der Waals surface area contributed by atoms with Gasteiger partial charge in [0.05, 0.1) is 0 Å². The maximum Gasteiger partial charge on any atom is 0.119 e. The van der Waals surface area contributed by atoms with E-state index in [1.165, 1.54) is 12.8 Å². The highest BCUT2D eigenvalue weighted by atomic mass is 16.5. The number of nitrogens with zero attached hydrogens (tertiary/aromatic N) is 1. The molecular weight excluding hydrogens is 200 g/mol. The molecule has 3 nitrogen and oxygen atoms in total. The molecular formula is C13H20N2O. The van der Waals surface area contributed by atoms with Crippen LogP contribution in [0.1, 0.15) is 12.8 Å². The van der Waals surface area contributed by atoms with Crippen molar-refractivity contribution in [3.8, 4) is 5.75 Å². The first kappa shape index (κ1) is 11.4. The third-order valence-corrected chi connectivity index (χ3v) is 2.87. The van der Waals surface area contributed by atoms with Crippen molar-refractivity contribution in [2.75, 3.05) is 26.2 Å². The van der Waals surface area contributed by atoms with Crippen molar-refractivity contribution >= 4 is 0 Å². The lowest BCUT2D eigenvalue weighted by Gasteiger charge is -2.20. The standard InChI is InChI=1S/C13H20N2O/c14-8-9-15(12-6-7-12)10-11-16-13-4-2-1-3-5-13/h1-5,12H,6-11,14H2. The Labute approximate surface area is 97.2 Å². The molecule has 0 saturated heterocycles. The first-order chi connectivity index (χ1) is 7.90. The second-order valence-corrected chi connectivity index (χ2v) is 4.22. The fourth-order valence-electron chi connectivity index (χ4n) is 1.88. The molecule has 2 N–H and O–H groups in total.